The van der Waals surface area contributed by atoms with Crippen molar-refractivity contribution >= 4 is 29.1 Å². The summed E-state index contributed by atoms with van der Waals surface area (Å²) in [5.74, 6) is -0.824. The maximum absolute atomic E-state index is 12.8. The third kappa shape index (κ3) is 6.55. The summed E-state index contributed by atoms with van der Waals surface area (Å²) in [6.07, 6.45) is -4.16. The first kappa shape index (κ1) is 21.2. The molecule has 1 aromatic carbocycles. The maximum atomic E-state index is 12.8. The number of nitrogens with two attached hydrogens (primary N) is 1. The number of nitrogens with zero attached hydrogens (tertiary/aromatic N) is 1. The van der Waals surface area contributed by atoms with Gasteiger partial charge in [-0.3, -0.25) is 9.59 Å². The lowest BCUT2D eigenvalue weighted by atomic mass is 10.0. The zero-order valence-electron chi connectivity index (χ0n) is 14.2. The molecule has 1 rings (SSSR count). The summed E-state index contributed by atoms with van der Waals surface area (Å²) in [5, 5.41) is 1.85. The predicted octanol–water partition coefficient (Wildman–Crippen LogP) is 3.13. The molecule has 5 nitrogen and oxygen atoms in total. The van der Waals surface area contributed by atoms with Gasteiger partial charge in [0.05, 0.1) is 23.2 Å². The van der Waals surface area contributed by atoms with Crippen LogP contribution < -0.4 is 11.1 Å². The summed E-state index contributed by atoms with van der Waals surface area (Å²) in [6.45, 7) is 3.51. The standard InChI is InChI=1S/C16H21ClF3N3O2/c1-9(2)6-13(21)15(25)23(3)8-14(24)22-10-4-5-12(17)11(7-10)16(18,19)20/h4-5,7,9,13H,6,8,21H2,1-3H3,(H,22,24)/t13-/m0/s1. The van der Waals surface area contributed by atoms with E-state index in [1.165, 1.54) is 13.1 Å². The monoisotopic (exact) mass is 379 g/mol. The number of halogens is 4. The van der Waals surface area contributed by atoms with Gasteiger partial charge in [-0.25, -0.2) is 0 Å². The number of amides is 2. The molecule has 0 saturated heterocycles. The highest BCUT2D eigenvalue weighted by molar-refractivity contribution is 6.31. The smallest absolute Gasteiger partial charge is 0.335 e. The van der Waals surface area contributed by atoms with Crippen LogP contribution in [0.3, 0.4) is 0 Å². The van der Waals surface area contributed by atoms with Crippen LogP contribution in [0, 0.1) is 5.92 Å². The largest absolute Gasteiger partial charge is 0.417 e. The fourth-order valence-electron chi connectivity index (χ4n) is 2.21. The normalized spacial score (nSPS) is 12.8. The molecule has 0 radical (unpaired) electrons. The lowest BCUT2D eigenvalue weighted by Crippen LogP contribution is -2.45. The van der Waals surface area contributed by atoms with Crippen LogP contribution in [0.15, 0.2) is 18.2 Å². The average molecular weight is 380 g/mol. The molecule has 0 aliphatic heterocycles. The number of carbonyl (C=O) groups excluding carboxylic acids is 2. The quantitative estimate of drug-likeness (QED) is 0.797. The van der Waals surface area contributed by atoms with Crippen molar-refractivity contribution in [3.63, 3.8) is 0 Å². The summed E-state index contributed by atoms with van der Waals surface area (Å²) in [6, 6.07) is 2.31. The molecule has 25 heavy (non-hydrogen) atoms. The Labute approximate surface area is 149 Å². The van der Waals surface area contributed by atoms with Crippen molar-refractivity contribution in [1.29, 1.82) is 0 Å². The first-order valence-corrected chi connectivity index (χ1v) is 7.96. The molecule has 0 aromatic heterocycles. The number of likely N-dealkylation sites (N-methyl/N-ethyl adjacent to an activating group) is 1. The minimum absolute atomic E-state index is 0.0611. The first-order chi connectivity index (χ1) is 11.4. The van der Waals surface area contributed by atoms with Crippen molar-refractivity contribution in [2.24, 2.45) is 11.7 Å². The van der Waals surface area contributed by atoms with E-state index in [0.717, 1.165) is 17.0 Å². The predicted molar refractivity (Wildman–Crippen MR) is 90.2 cm³/mol. The Morgan fingerprint density at radius 3 is 2.44 bits per heavy atom. The third-order valence-electron chi connectivity index (χ3n) is 3.36. The zero-order chi connectivity index (χ0) is 19.4. The highest BCUT2D eigenvalue weighted by Gasteiger charge is 2.33. The topological polar surface area (TPSA) is 75.4 Å². The van der Waals surface area contributed by atoms with Crippen molar-refractivity contribution in [1.82, 2.24) is 4.90 Å². The summed E-state index contributed by atoms with van der Waals surface area (Å²) in [7, 11) is 1.41. The molecule has 9 heteroatoms. The van der Waals surface area contributed by atoms with E-state index in [9.17, 15) is 22.8 Å². The minimum atomic E-state index is -4.63. The molecule has 0 spiro atoms. The fourth-order valence-corrected chi connectivity index (χ4v) is 2.43. The van der Waals surface area contributed by atoms with Gasteiger partial charge in [-0.15, -0.1) is 0 Å². The lowest BCUT2D eigenvalue weighted by molar-refractivity contribution is -0.137. The number of rotatable bonds is 6. The van der Waals surface area contributed by atoms with Gasteiger partial charge in [-0.2, -0.15) is 13.2 Å². The number of nitrogens with one attached hydrogen (secondary N) is 1. The SMILES string of the molecule is CC(C)C[C@H](N)C(=O)N(C)CC(=O)Nc1ccc(Cl)c(C(F)(F)F)c1. The lowest BCUT2D eigenvalue weighted by Gasteiger charge is -2.22. The van der Waals surface area contributed by atoms with Crippen LogP contribution in [-0.2, 0) is 15.8 Å². The van der Waals surface area contributed by atoms with E-state index >= 15 is 0 Å². The second-order valence-electron chi connectivity index (χ2n) is 6.17. The van der Waals surface area contributed by atoms with Crippen LogP contribution in [0.2, 0.25) is 5.02 Å². The Hall–Kier alpha value is -1.80. The second kappa shape index (κ2) is 8.53. The Morgan fingerprint density at radius 1 is 1.32 bits per heavy atom. The van der Waals surface area contributed by atoms with Gasteiger partial charge in [0.15, 0.2) is 0 Å². The highest BCUT2D eigenvalue weighted by Crippen LogP contribution is 2.36. The van der Waals surface area contributed by atoms with Gasteiger partial charge < -0.3 is 16.0 Å². The molecule has 0 aliphatic rings. The molecule has 0 fully saturated rings. The van der Waals surface area contributed by atoms with Gasteiger partial charge in [-0.1, -0.05) is 25.4 Å². The van der Waals surface area contributed by atoms with Crippen molar-refractivity contribution in [2.75, 3.05) is 18.9 Å². The average Bonchev–Trinajstić information content (AvgIpc) is 2.46. The molecule has 0 saturated carbocycles. The Kier molecular flexibility index (Phi) is 7.25. The van der Waals surface area contributed by atoms with E-state index in [4.69, 9.17) is 17.3 Å². The molecule has 1 aromatic rings. The van der Waals surface area contributed by atoms with Crippen molar-refractivity contribution < 1.29 is 22.8 Å². The number of carbonyl (C=O) groups is 2. The Bertz CT molecular complexity index is 636. The molecular formula is C16H21ClF3N3O2. The number of hydrogen-bond donors (Lipinski definition) is 2. The van der Waals surface area contributed by atoms with Gasteiger partial charge >= 0.3 is 6.18 Å². The van der Waals surface area contributed by atoms with Gasteiger partial charge in [0, 0.05) is 12.7 Å². The second-order valence-corrected chi connectivity index (χ2v) is 6.58. The molecule has 0 bridgehead atoms. The summed E-state index contributed by atoms with van der Waals surface area (Å²) in [4.78, 5) is 25.2. The van der Waals surface area contributed by atoms with E-state index in [1.807, 2.05) is 13.8 Å². The summed E-state index contributed by atoms with van der Waals surface area (Å²) < 4.78 is 38.4. The molecule has 0 aliphatic carbocycles. The van der Waals surface area contributed by atoms with Crippen molar-refractivity contribution in [3.8, 4) is 0 Å². The number of alkyl halides is 3. The summed E-state index contributed by atoms with van der Waals surface area (Å²) in [5.41, 5.74) is 4.66. The molecule has 1 atom stereocenters. The van der Waals surface area contributed by atoms with Crippen molar-refractivity contribution in [3.05, 3.63) is 28.8 Å². The molecule has 3 N–H and O–H groups in total. The Morgan fingerprint density at radius 2 is 1.92 bits per heavy atom. The highest BCUT2D eigenvalue weighted by atomic mass is 35.5. The molecule has 0 unspecified atom stereocenters. The number of anilines is 1. The van der Waals surface area contributed by atoms with Gasteiger partial charge in [0.1, 0.15) is 0 Å². The molecule has 0 heterocycles. The number of hydrogen-bond acceptors (Lipinski definition) is 3. The van der Waals surface area contributed by atoms with E-state index in [0.29, 0.717) is 6.42 Å². The van der Waals surface area contributed by atoms with Gasteiger partial charge in [0.25, 0.3) is 0 Å². The van der Waals surface area contributed by atoms with Crippen molar-refractivity contribution in [2.45, 2.75) is 32.5 Å². The van der Waals surface area contributed by atoms with Crippen LogP contribution in [0.5, 0.6) is 0 Å². The molecular weight excluding hydrogens is 359 g/mol. The van der Waals surface area contributed by atoms with Crippen LogP contribution in [0.25, 0.3) is 0 Å². The van der Waals surface area contributed by atoms with Crippen LogP contribution in [-0.4, -0.2) is 36.3 Å². The summed E-state index contributed by atoms with van der Waals surface area (Å²) >= 11 is 5.52. The van der Waals surface area contributed by atoms with Crippen LogP contribution in [0.4, 0.5) is 18.9 Å². The molecule has 140 valence electrons. The van der Waals surface area contributed by atoms with E-state index in [1.54, 1.807) is 0 Å². The van der Waals surface area contributed by atoms with E-state index < -0.39 is 34.6 Å². The van der Waals surface area contributed by atoms with Crippen LogP contribution in [0.1, 0.15) is 25.8 Å². The van der Waals surface area contributed by atoms with E-state index in [-0.39, 0.29) is 18.2 Å². The third-order valence-corrected chi connectivity index (χ3v) is 3.68. The van der Waals surface area contributed by atoms with Gasteiger partial charge in [-0.05, 0) is 30.5 Å². The zero-order valence-corrected chi connectivity index (χ0v) is 14.9. The Balaban J connectivity index is 2.72. The van der Waals surface area contributed by atoms with E-state index in [2.05, 4.69) is 5.32 Å². The van der Waals surface area contributed by atoms with Gasteiger partial charge in [0.2, 0.25) is 11.8 Å². The minimum Gasteiger partial charge on any atom is -0.335 e. The molecule has 2 amide bonds. The number of benzene rings is 1. The maximum Gasteiger partial charge on any atom is 0.417 e. The first-order valence-electron chi connectivity index (χ1n) is 7.59. The van der Waals surface area contributed by atoms with Crippen LogP contribution >= 0.6 is 11.6 Å². The fraction of sp³-hybridized carbons (Fsp3) is 0.500.